The lowest BCUT2D eigenvalue weighted by molar-refractivity contribution is -0.120. The summed E-state index contributed by atoms with van der Waals surface area (Å²) in [7, 11) is 1.89. The molecule has 1 aromatic heterocycles. The van der Waals surface area contributed by atoms with Gasteiger partial charge in [0, 0.05) is 12.2 Å². The van der Waals surface area contributed by atoms with E-state index in [-0.39, 0.29) is 17.6 Å². The molecule has 1 amide bonds. The fraction of sp³-hybridized carbons (Fsp3) is 0.267. The van der Waals surface area contributed by atoms with Gasteiger partial charge in [-0.15, -0.1) is 0 Å². The normalized spacial score (nSPS) is 12.4. The maximum Gasteiger partial charge on any atom is 0.241 e. The standard InChI is InChI=1S/C15H18FN3OS/c1-10(19(2)8-11-5-6-21-9-11)15(20)18-12-3-4-13(16)14(17)7-12/h3-7,9-10H,8,17H2,1-2H3,(H,18,20). The van der Waals surface area contributed by atoms with Gasteiger partial charge in [0.25, 0.3) is 0 Å². The van der Waals surface area contributed by atoms with Crippen molar-refractivity contribution in [2.24, 2.45) is 0 Å². The molecular formula is C15H18FN3OS. The van der Waals surface area contributed by atoms with Crippen LogP contribution in [0.4, 0.5) is 15.8 Å². The van der Waals surface area contributed by atoms with E-state index in [1.807, 2.05) is 30.3 Å². The van der Waals surface area contributed by atoms with Gasteiger partial charge in [-0.05, 0) is 54.6 Å². The van der Waals surface area contributed by atoms with E-state index in [1.165, 1.54) is 23.8 Å². The van der Waals surface area contributed by atoms with Crippen LogP contribution in [0, 0.1) is 5.82 Å². The molecule has 0 aliphatic carbocycles. The third-order valence-corrected chi connectivity index (χ3v) is 4.05. The SMILES string of the molecule is CC(C(=O)Nc1ccc(F)c(N)c1)N(C)Cc1ccsc1. The first-order valence-corrected chi connectivity index (χ1v) is 7.49. The highest BCUT2D eigenvalue weighted by Crippen LogP contribution is 2.17. The highest BCUT2D eigenvalue weighted by molar-refractivity contribution is 7.07. The Morgan fingerprint density at radius 1 is 1.48 bits per heavy atom. The van der Waals surface area contributed by atoms with Gasteiger partial charge in [0.15, 0.2) is 0 Å². The number of hydrogen-bond acceptors (Lipinski definition) is 4. The summed E-state index contributed by atoms with van der Waals surface area (Å²) >= 11 is 1.63. The lowest BCUT2D eigenvalue weighted by Gasteiger charge is -2.23. The number of likely N-dealkylation sites (N-methyl/N-ethyl adjacent to an activating group) is 1. The second-order valence-electron chi connectivity index (χ2n) is 4.95. The van der Waals surface area contributed by atoms with Crippen LogP contribution in [0.25, 0.3) is 0 Å². The van der Waals surface area contributed by atoms with Crippen LogP contribution in [0.15, 0.2) is 35.0 Å². The quantitative estimate of drug-likeness (QED) is 0.835. The number of rotatable bonds is 5. The fourth-order valence-corrected chi connectivity index (χ4v) is 2.54. The summed E-state index contributed by atoms with van der Waals surface area (Å²) < 4.78 is 13.1. The van der Waals surface area contributed by atoms with Gasteiger partial charge >= 0.3 is 0 Å². The molecule has 0 radical (unpaired) electrons. The monoisotopic (exact) mass is 307 g/mol. The Morgan fingerprint density at radius 2 is 2.24 bits per heavy atom. The van der Waals surface area contributed by atoms with Gasteiger partial charge in [-0.3, -0.25) is 9.69 Å². The van der Waals surface area contributed by atoms with Crippen LogP contribution in [-0.2, 0) is 11.3 Å². The van der Waals surface area contributed by atoms with E-state index in [2.05, 4.69) is 10.7 Å². The number of amides is 1. The first-order valence-electron chi connectivity index (χ1n) is 6.54. The molecule has 1 aromatic carbocycles. The van der Waals surface area contributed by atoms with Crippen molar-refractivity contribution in [3.05, 3.63) is 46.4 Å². The average Bonchev–Trinajstić information content (AvgIpc) is 2.94. The first kappa shape index (κ1) is 15.5. The molecule has 0 fully saturated rings. The Kier molecular flexibility index (Phi) is 4.93. The van der Waals surface area contributed by atoms with Crippen molar-refractivity contribution in [1.29, 1.82) is 0 Å². The topological polar surface area (TPSA) is 58.4 Å². The second-order valence-corrected chi connectivity index (χ2v) is 5.73. The molecule has 21 heavy (non-hydrogen) atoms. The summed E-state index contributed by atoms with van der Waals surface area (Å²) in [6, 6.07) is 5.88. The van der Waals surface area contributed by atoms with E-state index in [9.17, 15) is 9.18 Å². The summed E-state index contributed by atoms with van der Waals surface area (Å²) in [5, 5.41) is 6.81. The summed E-state index contributed by atoms with van der Waals surface area (Å²) in [5.41, 5.74) is 7.18. The lowest BCUT2D eigenvalue weighted by Crippen LogP contribution is -2.39. The second kappa shape index (κ2) is 6.69. The molecule has 0 saturated heterocycles. The number of halogens is 1. The lowest BCUT2D eigenvalue weighted by atomic mass is 10.2. The van der Waals surface area contributed by atoms with Gasteiger partial charge in [0.2, 0.25) is 5.91 Å². The van der Waals surface area contributed by atoms with Crippen molar-refractivity contribution in [3.63, 3.8) is 0 Å². The van der Waals surface area contributed by atoms with Crippen LogP contribution < -0.4 is 11.1 Å². The Hall–Kier alpha value is -1.92. The summed E-state index contributed by atoms with van der Waals surface area (Å²) in [5.74, 6) is -0.644. The molecule has 1 heterocycles. The molecule has 3 N–H and O–H groups in total. The van der Waals surface area contributed by atoms with Crippen molar-refractivity contribution >= 4 is 28.6 Å². The minimum atomic E-state index is -0.490. The number of nitrogens with two attached hydrogens (primary N) is 1. The number of nitrogens with zero attached hydrogens (tertiary/aromatic N) is 1. The van der Waals surface area contributed by atoms with Crippen LogP contribution in [-0.4, -0.2) is 23.9 Å². The molecule has 0 saturated carbocycles. The first-order chi connectivity index (χ1) is 9.97. The Bertz CT molecular complexity index is 615. The Morgan fingerprint density at radius 3 is 2.86 bits per heavy atom. The maximum atomic E-state index is 13.1. The number of hydrogen-bond donors (Lipinski definition) is 2. The zero-order valence-electron chi connectivity index (χ0n) is 12.0. The van der Waals surface area contributed by atoms with Crippen molar-refractivity contribution in [1.82, 2.24) is 4.90 Å². The smallest absolute Gasteiger partial charge is 0.241 e. The van der Waals surface area contributed by atoms with Crippen molar-refractivity contribution < 1.29 is 9.18 Å². The largest absolute Gasteiger partial charge is 0.396 e. The molecule has 0 spiro atoms. The number of thiophene rings is 1. The molecule has 2 aromatic rings. The fourth-order valence-electron chi connectivity index (χ4n) is 1.88. The van der Waals surface area contributed by atoms with Crippen LogP contribution in [0.3, 0.4) is 0 Å². The van der Waals surface area contributed by atoms with E-state index in [0.717, 1.165) is 0 Å². The minimum Gasteiger partial charge on any atom is -0.396 e. The van der Waals surface area contributed by atoms with E-state index in [0.29, 0.717) is 12.2 Å². The molecular weight excluding hydrogens is 289 g/mol. The van der Waals surface area contributed by atoms with Gasteiger partial charge in [-0.2, -0.15) is 11.3 Å². The zero-order valence-corrected chi connectivity index (χ0v) is 12.8. The molecule has 0 aliphatic rings. The molecule has 1 unspecified atom stereocenters. The number of benzene rings is 1. The Balaban J connectivity index is 1.96. The summed E-state index contributed by atoms with van der Waals surface area (Å²) in [4.78, 5) is 14.1. The molecule has 6 heteroatoms. The van der Waals surface area contributed by atoms with Crippen LogP contribution in [0.1, 0.15) is 12.5 Å². The van der Waals surface area contributed by atoms with Crippen molar-refractivity contribution in [3.8, 4) is 0 Å². The third kappa shape index (κ3) is 4.03. The molecule has 0 aliphatic heterocycles. The van der Waals surface area contributed by atoms with Crippen molar-refractivity contribution in [2.75, 3.05) is 18.1 Å². The van der Waals surface area contributed by atoms with Gasteiger partial charge in [-0.25, -0.2) is 4.39 Å². The summed E-state index contributed by atoms with van der Waals surface area (Å²) in [6.07, 6.45) is 0. The van der Waals surface area contributed by atoms with E-state index < -0.39 is 5.82 Å². The third-order valence-electron chi connectivity index (χ3n) is 3.32. The molecule has 2 rings (SSSR count). The van der Waals surface area contributed by atoms with Crippen LogP contribution in [0.2, 0.25) is 0 Å². The van der Waals surface area contributed by atoms with Crippen molar-refractivity contribution in [2.45, 2.75) is 19.5 Å². The minimum absolute atomic E-state index is 0.0204. The number of anilines is 2. The van der Waals surface area contributed by atoms with Gasteiger partial charge in [-0.1, -0.05) is 0 Å². The van der Waals surface area contributed by atoms with Gasteiger partial charge in [0.1, 0.15) is 5.82 Å². The molecule has 112 valence electrons. The van der Waals surface area contributed by atoms with Crippen LogP contribution >= 0.6 is 11.3 Å². The maximum absolute atomic E-state index is 13.1. The predicted molar refractivity (Wildman–Crippen MR) is 84.7 cm³/mol. The average molecular weight is 307 g/mol. The molecule has 4 nitrogen and oxygen atoms in total. The highest BCUT2D eigenvalue weighted by Gasteiger charge is 2.18. The zero-order chi connectivity index (χ0) is 15.4. The molecule has 0 bridgehead atoms. The Labute approximate surface area is 127 Å². The number of nitrogens with one attached hydrogen (secondary N) is 1. The van der Waals surface area contributed by atoms with E-state index >= 15 is 0 Å². The summed E-state index contributed by atoms with van der Waals surface area (Å²) in [6.45, 7) is 2.53. The number of nitrogen functional groups attached to an aromatic ring is 1. The van der Waals surface area contributed by atoms with E-state index in [4.69, 9.17) is 5.73 Å². The molecule has 1 atom stereocenters. The predicted octanol–water partition coefficient (Wildman–Crippen LogP) is 2.93. The van der Waals surface area contributed by atoms with E-state index in [1.54, 1.807) is 11.3 Å². The van der Waals surface area contributed by atoms with Gasteiger partial charge < -0.3 is 11.1 Å². The van der Waals surface area contributed by atoms with Crippen LogP contribution in [0.5, 0.6) is 0 Å². The number of carbonyl (C=O) groups is 1. The van der Waals surface area contributed by atoms with Gasteiger partial charge in [0.05, 0.1) is 11.7 Å². The number of carbonyl (C=O) groups excluding carboxylic acids is 1. The highest BCUT2D eigenvalue weighted by atomic mass is 32.1.